The summed E-state index contributed by atoms with van der Waals surface area (Å²) < 4.78 is 1.75. The van der Waals surface area contributed by atoms with E-state index in [-0.39, 0.29) is 11.3 Å². The molecule has 2 rings (SSSR count). The molecule has 0 saturated heterocycles. The van der Waals surface area contributed by atoms with Gasteiger partial charge in [0.2, 0.25) is 0 Å². The zero-order valence-corrected chi connectivity index (χ0v) is 10.1. The minimum atomic E-state index is -0.578. The first kappa shape index (κ1) is 12.5. The fourth-order valence-electron chi connectivity index (χ4n) is 1.54. The van der Waals surface area contributed by atoms with Crippen LogP contribution in [-0.4, -0.2) is 19.7 Å². The molecule has 2 aromatic rings. The average Bonchev–Trinajstić information content (AvgIpc) is 2.81. The second kappa shape index (κ2) is 5.14. The third-order valence-electron chi connectivity index (χ3n) is 2.57. The van der Waals surface area contributed by atoms with E-state index in [1.165, 1.54) is 12.1 Å². The monoisotopic (exact) mass is 258 g/mol. The molecule has 1 aromatic heterocycles. The van der Waals surface area contributed by atoms with Gasteiger partial charge in [0.25, 0.3) is 5.69 Å². The third kappa shape index (κ3) is 2.66. The summed E-state index contributed by atoms with van der Waals surface area (Å²) in [5.74, 6) is 0.719. The molecule has 96 valence electrons. The number of nitro benzene ring substituents is 1. The molecule has 0 aliphatic rings. The highest BCUT2D eigenvalue weighted by Crippen LogP contribution is 2.21. The number of rotatable bonds is 4. The molecular formula is C11H10N6O2. The van der Waals surface area contributed by atoms with E-state index in [1.807, 2.05) is 13.1 Å². The predicted octanol–water partition coefficient (Wildman–Crippen LogP) is 1.21. The molecule has 0 bridgehead atoms. The standard InChI is InChI=1S/C11H10N6O2/c1-16-7-14-15-11(16)6-13-9-2-3-10(17(18)19)8(4-9)5-12/h2-4,7,13H,6H2,1H3. The quantitative estimate of drug-likeness (QED) is 0.651. The lowest BCUT2D eigenvalue weighted by Gasteiger charge is -2.06. The van der Waals surface area contributed by atoms with Crippen molar-refractivity contribution in [3.05, 3.63) is 46.0 Å². The molecule has 0 spiro atoms. The molecule has 1 N–H and O–H groups in total. The van der Waals surface area contributed by atoms with Gasteiger partial charge in [-0.3, -0.25) is 10.1 Å². The predicted molar refractivity (Wildman–Crippen MR) is 66.1 cm³/mol. The lowest BCUT2D eigenvalue weighted by molar-refractivity contribution is -0.385. The number of benzene rings is 1. The molecule has 0 atom stereocenters. The van der Waals surface area contributed by atoms with E-state index in [0.29, 0.717) is 12.2 Å². The van der Waals surface area contributed by atoms with Crippen LogP contribution in [0.1, 0.15) is 11.4 Å². The maximum Gasteiger partial charge on any atom is 0.287 e. The van der Waals surface area contributed by atoms with Crippen molar-refractivity contribution in [1.82, 2.24) is 14.8 Å². The van der Waals surface area contributed by atoms with E-state index in [9.17, 15) is 10.1 Å². The largest absolute Gasteiger partial charge is 0.378 e. The van der Waals surface area contributed by atoms with Crippen molar-refractivity contribution < 1.29 is 4.92 Å². The number of aryl methyl sites for hydroxylation is 1. The number of aromatic nitrogens is 3. The van der Waals surface area contributed by atoms with Gasteiger partial charge in [0.15, 0.2) is 5.82 Å². The Morgan fingerprint density at radius 1 is 1.58 bits per heavy atom. The molecule has 0 fully saturated rings. The van der Waals surface area contributed by atoms with Gasteiger partial charge in [-0.25, -0.2) is 0 Å². The number of nitriles is 1. The van der Waals surface area contributed by atoms with Crippen molar-refractivity contribution >= 4 is 11.4 Å². The van der Waals surface area contributed by atoms with E-state index in [2.05, 4.69) is 15.5 Å². The summed E-state index contributed by atoms with van der Waals surface area (Å²) >= 11 is 0. The fraction of sp³-hybridized carbons (Fsp3) is 0.182. The van der Waals surface area contributed by atoms with Crippen LogP contribution in [0, 0.1) is 21.4 Å². The molecule has 0 unspecified atom stereocenters. The molecular weight excluding hydrogens is 248 g/mol. The number of hydrogen-bond donors (Lipinski definition) is 1. The first-order chi connectivity index (χ1) is 9.11. The molecule has 0 saturated carbocycles. The highest BCUT2D eigenvalue weighted by Gasteiger charge is 2.13. The zero-order valence-electron chi connectivity index (χ0n) is 10.1. The van der Waals surface area contributed by atoms with Crippen molar-refractivity contribution in [2.24, 2.45) is 7.05 Å². The van der Waals surface area contributed by atoms with Crippen LogP contribution >= 0.6 is 0 Å². The van der Waals surface area contributed by atoms with E-state index < -0.39 is 4.92 Å². The summed E-state index contributed by atoms with van der Waals surface area (Å²) in [5, 5.41) is 30.2. The van der Waals surface area contributed by atoms with Gasteiger partial charge < -0.3 is 9.88 Å². The summed E-state index contributed by atoms with van der Waals surface area (Å²) in [7, 11) is 1.81. The van der Waals surface area contributed by atoms with E-state index in [0.717, 1.165) is 5.82 Å². The first-order valence-corrected chi connectivity index (χ1v) is 5.37. The lowest BCUT2D eigenvalue weighted by atomic mass is 10.2. The van der Waals surface area contributed by atoms with Gasteiger partial charge in [0.05, 0.1) is 11.5 Å². The maximum absolute atomic E-state index is 10.7. The van der Waals surface area contributed by atoms with Crippen LogP contribution in [0.25, 0.3) is 0 Å². The van der Waals surface area contributed by atoms with Gasteiger partial charge in [0.1, 0.15) is 18.0 Å². The average molecular weight is 258 g/mol. The Balaban J connectivity index is 2.16. The van der Waals surface area contributed by atoms with Crippen molar-refractivity contribution in [3.63, 3.8) is 0 Å². The molecule has 0 radical (unpaired) electrons. The summed E-state index contributed by atoms with van der Waals surface area (Å²) in [4.78, 5) is 10.1. The van der Waals surface area contributed by atoms with Crippen LogP contribution in [0.4, 0.5) is 11.4 Å². The molecule has 8 heteroatoms. The van der Waals surface area contributed by atoms with E-state index in [4.69, 9.17) is 5.26 Å². The normalized spacial score (nSPS) is 9.89. The van der Waals surface area contributed by atoms with E-state index >= 15 is 0 Å². The van der Waals surface area contributed by atoms with Crippen LogP contribution in [0.5, 0.6) is 0 Å². The van der Waals surface area contributed by atoms with Crippen LogP contribution < -0.4 is 5.32 Å². The summed E-state index contributed by atoms with van der Waals surface area (Å²) in [6.07, 6.45) is 1.58. The Kier molecular flexibility index (Phi) is 3.38. The number of nitrogens with one attached hydrogen (secondary N) is 1. The topological polar surface area (TPSA) is 110 Å². The van der Waals surface area contributed by atoms with Crippen molar-refractivity contribution in [3.8, 4) is 6.07 Å². The van der Waals surface area contributed by atoms with Gasteiger partial charge in [0, 0.05) is 18.8 Å². The number of nitro groups is 1. The van der Waals surface area contributed by atoms with Gasteiger partial charge in [-0.1, -0.05) is 0 Å². The Labute approximate surface area is 108 Å². The highest BCUT2D eigenvalue weighted by molar-refractivity contribution is 5.58. The second-order valence-corrected chi connectivity index (χ2v) is 3.81. The summed E-state index contributed by atoms with van der Waals surface area (Å²) in [6.45, 7) is 0.416. The maximum atomic E-state index is 10.7. The van der Waals surface area contributed by atoms with Crippen molar-refractivity contribution in [1.29, 1.82) is 5.26 Å². The zero-order chi connectivity index (χ0) is 13.8. The number of hydrogen-bond acceptors (Lipinski definition) is 6. The molecule has 8 nitrogen and oxygen atoms in total. The fourth-order valence-corrected chi connectivity index (χ4v) is 1.54. The van der Waals surface area contributed by atoms with Crippen molar-refractivity contribution in [2.45, 2.75) is 6.54 Å². The van der Waals surface area contributed by atoms with Crippen LogP contribution in [-0.2, 0) is 13.6 Å². The Morgan fingerprint density at radius 3 is 2.95 bits per heavy atom. The Hall–Kier alpha value is -2.95. The molecule has 1 aromatic carbocycles. The molecule has 0 aliphatic carbocycles. The van der Waals surface area contributed by atoms with Crippen LogP contribution in [0.2, 0.25) is 0 Å². The molecule has 1 heterocycles. The lowest BCUT2D eigenvalue weighted by Crippen LogP contribution is -2.06. The summed E-state index contributed by atoms with van der Waals surface area (Å²) in [5.41, 5.74) is 0.435. The minimum absolute atomic E-state index is 0.0213. The molecule has 0 aliphatic heterocycles. The van der Waals surface area contributed by atoms with Gasteiger partial charge >= 0.3 is 0 Å². The SMILES string of the molecule is Cn1cnnc1CNc1ccc([N+](=O)[O-])c(C#N)c1. The number of nitrogens with zero attached hydrogens (tertiary/aromatic N) is 5. The first-order valence-electron chi connectivity index (χ1n) is 5.37. The molecule has 0 amide bonds. The van der Waals surface area contributed by atoms with Gasteiger partial charge in [-0.05, 0) is 12.1 Å². The highest BCUT2D eigenvalue weighted by atomic mass is 16.6. The number of anilines is 1. The van der Waals surface area contributed by atoms with Crippen LogP contribution in [0.15, 0.2) is 24.5 Å². The minimum Gasteiger partial charge on any atom is -0.378 e. The van der Waals surface area contributed by atoms with Crippen LogP contribution in [0.3, 0.4) is 0 Å². The van der Waals surface area contributed by atoms with Crippen molar-refractivity contribution in [2.75, 3.05) is 5.32 Å². The smallest absolute Gasteiger partial charge is 0.287 e. The second-order valence-electron chi connectivity index (χ2n) is 3.81. The summed E-state index contributed by atoms with van der Waals surface area (Å²) in [6, 6.07) is 6.10. The van der Waals surface area contributed by atoms with Gasteiger partial charge in [-0.15, -0.1) is 10.2 Å². The Morgan fingerprint density at radius 2 is 2.37 bits per heavy atom. The van der Waals surface area contributed by atoms with Gasteiger partial charge in [-0.2, -0.15) is 5.26 Å². The Bertz CT molecular complexity index is 657. The van der Waals surface area contributed by atoms with E-state index in [1.54, 1.807) is 17.0 Å². The third-order valence-corrected chi connectivity index (χ3v) is 2.57. The molecule has 19 heavy (non-hydrogen) atoms.